The average Bonchev–Trinajstić information content (AvgIpc) is 3.13. The van der Waals surface area contributed by atoms with Crippen molar-refractivity contribution in [1.82, 2.24) is 4.90 Å². The lowest BCUT2D eigenvalue weighted by Crippen LogP contribution is -2.43. The molecule has 0 unspecified atom stereocenters. The van der Waals surface area contributed by atoms with Crippen molar-refractivity contribution in [3.05, 3.63) is 34.9 Å². The minimum atomic E-state index is 0.805. The largest absolute Gasteiger partial charge is 0.300 e. The fraction of sp³-hybridized carbons (Fsp3) is 0.700. The van der Waals surface area contributed by atoms with Crippen molar-refractivity contribution < 1.29 is 0 Å². The highest BCUT2D eigenvalue weighted by Crippen LogP contribution is 2.47. The highest BCUT2D eigenvalue weighted by atomic mass is 15.2. The Morgan fingerprint density at radius 2 is 1.76 bits per heavy atom. The maximum absolute atomic E-state index is 2.85. The Kier molecular flexibility index (Phi) is 3.57. The first-order chi connectivity index (χ1) is 10.2. The van der Waals surface area contributed by atoms with Crippen LogP contribution in [0.1, 0.15) is 61.1 Å². The first-order valence-corrected chi connectivity index (χ1v) is 9.02. The van der Waals surface area contributed by atoms with Crippen molar-refractivity contribution in [2.75, 3.05) is 13.1 Å². The molecule has 1 heterocycles. The smallest absolute Gasteiger partial charge is 0.0126 e. The molecule has 1 heteroatoms. The topological polar surface area (TPSA) is 3.24 Å². The number of nitrogens with zero attached hydrogens (tertiary/aromatic N) is 1. The number of benzene rings is 1. The van der Waals surface area contributed by atoms with E-state index in [0.717, 1.165) is 23.8 Å². The molecule has 1 aromatic carbocycles. The molecule has 0 N–H and O–H groups in total. The van der Waals surface area contributed by atoms with Gasteiger partial charge in [-0.3, -0.25) is 0 Å². The molecule has 3 fully saturated rings. The molecule has 0 spiro atoms. The minimum absolute atomic E-state index is 0.805. The van der Waals surface area contributed by atoms with Gasteiger partial charge in [-0.25, -0.2) is 0 Å². The quantitative estimate of drug-likeness (QED) is 0.762. The Labute approximate surface area is 129 Å². The molecular formula is C20H29N. The third-order valence-electron chi connectivity index (χ3n) is 6.79. The zero-order valence-electron chi connectivity index (χ0n) is 13.6. The van der Waals surface area contributed by atoms with Crippen LogP contribution >= 0.6 is 0 Å². The Hall–Kier alpha value is -0.820. The van der Waals surface area contributed by atoms with Crippen LogP contribution in [-0.4, -0.2) is 24.0 Å². The van der Waals surface area contributed by atoms with Gasteiger partial charge in [0.05, 0.1) is 0 Å². The summed E-state index contributed by atoms with van der Waals surface area (Å²) in [7, 11) is 0. The summed E-state index contributed by atoms with van der Waals surface area (Å²) >= 11 is 0. The number of hydrogen-bond acceptors (Lipinski definition) is 1. The summed E-state index contributed by atoms with van der Waals surface area (Å²) in [6.45, 7) is 7.24. The second-order valence-electron chi connectivity index (χ2n) is 7.84. The second kappa shape index (κ2) is 5.43. The lowest BCUT2D eigenvalue weighted by Gasteiger charge is -2.40. The summed E-state index contributed by atoms with van der Waals surface area (Å²) in [5.41, 5.74) is 4.63. The summed E-state index contributed by atoms with van der Waals surface area (Å²) in [6, 6.07) is 7.83. The zero-order valence-corrected chi connectivity index (χ0v) is 13.6. The molecule has 1 nitrogen and oxygen atoms in total. The summed E-state index contributed by atoms with van der Waals surface area (Å²) in [6.07, 6.45) is 8.85. The van der Waals surface area contributed by atoms with E-state index in [1.807, 2.05) is 0 Å². The lowest BCUT2D eigenvalue weighted by atomic mass is 9.84. The third-order valence-corrected chi connectivity index (χ3v) is 6.79. The number of piperidine rings is 1. The van der Waals surface area contributed by atoms with Crippen molar-refractivity contribution in [3.63, 3.8) is 0 Å². The van der Waals surface area contributed by atoms with Crippen LogP contribution < -0.4 is 0 Å². The van der Waals surface area contributed by atoms with Gasteiger partial charge in [0.15, 0.2) is 0 Å². The molecule has 4 rings (SSSR count). The molecule has 2 bridgehead atoms. The molecule has 2 saturated carbocycles. The van der Waals surface area contributed by atoms with Gasteiger partial charge in [-0.05, 0) is 93.5 Å². The number of fused-ring (bicyclic) bond motifs is 2. The fourth-order valence-corrected chi connectivity index (χ4v) is 5.42. The normalized spacial score (nSPS) is 33.7. The number of rotatable bonds is 2. The van der Waals surface area contributed by atoms with Crippen molar-refractivity contribution in [3.8, 4) is 0 Å². The van der Waals surface area contributed by atoms with E-state index < -0.39 is 0 Å². The predicted octanol–water partition coefficient (Wildman–Crippen LogP) is 4.67. The molecule has 0 radical (unpaired) electrons. The average molecular weight is 283 g/mol. The van der Waals surface area contributed by atoms with Crippen molar-refractivity contribution in [2.24, 2.45) is 11.8 Å². The van der Waals surface area contributed by atoms with Crippen molar-refractivity contribution in [2.45, 2.75) is 64.3 Å². The Morgan fingerprint density at radius 3 is 2.43 bits per heavy atom. The van der Waals surface area contributed by atoms with Gasteiger partial charge < -0.3 is 4.90 Å². The maximum Gasteiger partial charge on any atom is 0.0126 e. The van der Waals surface area contributed by atoms with E-state index in [1.165, 1.54) is 56.3 Å². The van der Waals surface area contributed by atoms with Crippen molar-refractivity contribution in [1.29, 1.82) is 0 Å². The molecule has 0 aromatic heterocycles. The Bertz CT molecular complexity index is 513. The molecule has 0 amide bonds. The van der Waals surface area contributed by atoms with Gasteiger partial charge in [-0.15, -0.1) is 0 Å². The molecule has 3 aliphatic rings. The van der Waals surface area contributed by atoms with Crippen molar-refractivity contribution >= 4 is 0 Å². The fourth-order valence-electron chi connectivity index (χ4n) is 5.42. The highest BCUT2D eigenvalue weighted by Gasteiger charge is 2.42. The highest BCUT2D eigenvalue weighted by molar-refractivity contribution is 5.35. The SMILES string of the molecule is Cc1cccc(C2CCN([C@@H]3C[C@H]4CC[C@H]3C4)CC2)c1C. The van der Waals surface area contributed by atoms with Gasteiger partial charge in [0.25, 0.3) is 0 Å². The lowest BCUT2D eigenvalue weighted by molar-refractivity contribution is 0.110. The van der Waals surface area contributed by atoms with Gasteiger partial charge in [-0.2, -0.15) is 0 Å². The molecule has 114 valence electrons. The van der Waals surface area contributed by atoms with Gasteiger partial charge in [0, 0.05) is 6.04 Å². The first-order valence-electron chi connectivity index (χ1n) is 9.02. The third kappa shape index (κ3) is 2.44. The Balaban J connectivity index is 1.42. The van der Waals surface area contributed by atoms with E-state index in [2.05, 4.69) is 36.9 Å². The number of hydrogen-bond donors (Lipinski definition) is 0. The van der Waals surface area contributed by atoms with Crippen LogP contribution in [0, 0.1) is 25.7 Å². The summed E-state index contributed by atoms with van der Waals surface area (Å²) < 4.78 is 0. The van der Waals surface area contributed by atoms with E-state index in [9.17, 15) is 0 Å². The van der Waals surface area contributed by atoms with Crippen LogP contribution in [0.3, 0.4) is 0 Å². The molecule has 1 aromatic rings. The van der Waals surface area contributed by atoms with Crippen LogP contribution in [0.5, 0.6) is 0 Å². The van der Waals surface area contributed by atoms with E-state index in [0.29, 0.717) is 0 Å². The van der Waals surface area contributed by atoms with Crippen LogP contribution in [0.2, 0.25) is 0 Å². The van der Waals surface area contributed by atoms with Crippen LogP contribution in [0.25, 0.3) is 0 Å². The van der Waals surface area contributed by atoms with Gasteiger partial charge >= 0.3 is 0 Å². The van der Waals surface area contributed by atoms with E-state index in [1.54, 1.807) is 12.0 Å². The van der Waals surface area contributed by atoms with Gasteiger partial charge in [0.2, 0.25) is 0 Å². The molecule has 3 atom stereocenters. The summed E-state index contributed by atoms with van der Waals surface area (Å²) in [5.74, 6) is 2.93. The summed E-state index contributed by atoms with van der Waals surface area (Å²) in [4.78, 5) is 2.85. The van der Waals surface area contributed by atoms with Crippen LogP contribution in [0.4, 0.5) is 0 Å². The molecular weight excluding hydrogens is 254 g/mol. The van der Waals surface area contributed by atoms with E-state index >= 15 is 0 Å². The molecule has 21 heavy (non-hydrogen) atoms. The van der Waals surface area contributed by atoms with Gasteiger partial charge in [0.1, 0.15) is 0 Å². The predicted molar refractivity (Wildman–Crippen MR) is 88.7 cm³/mol. The molecule has 1 aliphatic heterocycles. The van der Waals surface area contributed by atoms with Crippen LogP contribution in [0.15, 0.2) is 18.2 Å². The Morgan fingerprint density at radius 1 is 0.952 bits per heavy atom. The second-order valence-corrected chi connectivity index (χ2v) is 7.84. The maximum atomic E-state index is 2.85. The number of likely N-dealkylation sites (tertiary alicyclic amines) is 1. The van der Waals surface area contributed by atoms with Crippen LogP contribution in [-0.2, 0) is 0 Å². The molecule has 2 aliphatic carbocycles. The standard InChI is InChI=1S/C20H29N/c1-14-4-3-5-19(15(14)2)17-8-10-21(11-9-17)20-13-16-6-7-18(20)12-16/h3-5,16-18,20H,6-13H2,1-2H3/t16-,18-,20+/m0/s1. The molecule has 1 saturated heterocycles. The van der Waals surface area contributed by atoms with E-state index in [4.69, 9.17) is 0 Å². The van der Waals surface area contributed by atoms with E-state index in [-0.39, 0.29) is 0 Å². The number of aryl methyl sites for hydroxylation is 1. The first kappa shape index (κ1) is 13.8. The zero-order chi connectivity index (χ0) is 14.4. The monoisotopic (exact) mass is 283 g/mol. The minimum Gasteiger partial charge on any atom is -0.300 e. The van der Waals surface area contributed by atoms with Gasteiger partial charge in [-0.1, -0.05) is 24.6 Å². The summed E-state index contributed by atoms with van der Waals surface area (Å²) in [5, 5.41) is 0.